The Kier molecular flexibility index (Phi) is 4.00. The van der Waals surface area contributed by atoms with Crippen molar-refractivity contribution in [2.75, 3.05) is 0 Å². The number of alkyl carbamates (subject to hydrolysis) is 1. The molecule has 3 N–H and O–H groups in total. The molecule has 13 heavy (non-hydrogen) atoms. The van der Waals surface area contributed by atoms with E-state index in [0.29, 0.717) is 0 Å². The highest BCUT2D eigenvalue weighted by atomic mass is 35.5. The second-order valence-corrected chi connectivity index (χ2v) is 4.15. The monoisotopic (exact) mass is 208 g/mol. The first-order valence-corrected chi connectivity index (χ1v) is 4.13. The van der Waals surface area contributed by atoms with Crippen molar-refractivity contribution in [2.45, 2.75) is 44.9 Å². The van der Waals surface area contributed by atoms with E-state index < -0.39 is 5.60 Å². The fourth-order valence-electron chi connectivity index (χ4n) is 0.840. The summed E-state index contributed by atoms with van der Waals surface area (Å²) in [6.07, 6.45) is 0.486. The third-order valence-electron chi connectivity index (χ3n) is 1.54. The summed E-state index contributed by atoms with van der Waals surface area (Å²) in [5.74, 6) is 0. The van der Waals surface area contributed by atoms with Crippen LogP contribution < -0.4 is 11.1 Å². The number of hydrogen-bond acceptors (Lipinski definition) is 3. The van der Waals surface area contributed by atoms with Gasteiger partial charge in [-0.1, -0.05) is 0 Å². The highest BCUT2D eigenvalue weighted by molar-refractivity contribution is 5.85. The van der Waals surface area contributed by atoms with E-state index in [0.717, 1.165) is 6.42 Å². The molecule has 0 unspecified atom stereocenters. The number of carbonyl (C=O) groups excluding carboxylic acids is 1. The minimum Gasteiger partial charge on any atom is -0.444 e. The van der Waals surface area contributed by atoms with Crippen molar-refractivity contribution in [1.82, 2.24) is 5.32 Å². The number of nitrogens with one attached hydrogen (secondary N) is 1. The number of rotatable bonds is 1. The van der Waals surface area contributed by atoms with E-state index >= 15 is 0 Å². The van der Waals surface area contributed by atoms with Crippen LogP contribution in [0.5, 0.6) is 0 Å². The summed E-state index contributed by atoms with van der Waals surface area (Å²) in [6.45, 7) is 5.50. The summed E-state index contributed by atoms with van der Waals surface area (Å²) in [5.41, 5.74) is 5.08. The fraction of sp³-hybridized carbons (Fsp3) is 0.875. The van der Waals surface area contributed by atoms with Gasteiger partial charge in [0.15, 0.2) is 0 Å². The molecule has 1 aliphatic carbocycles. The first kappa shape index (κ1) is 12.5. The minimum absolute atomic E-state index is 0. The molecule has 5 heteroatoms. The highest BCUT2D eigenvalue weighted by Gasteiger charge is 2.35. The van der Waals surface area contributed by atoms with Gasteiger partial charge in [-0.3, -0.25) is 0 Å². The van der Waals surface area contributed by atoms with E-state index in [1.165, 1.54) is 0 Å². The Hall–Kier alpha value is -0.480. The maximum Gasteiger partial charge on any atom is 0.407 e. The van der Waals surface area contributed by atoms with Gasteiger partial charge in [0, 0.05) is 12.1 Å². The quantitative estimate of drug-likeness (QED) is 0.677. The molecule has 0 heterocycles. The van der Waals surface area contributed by atoms with E-state index in [4.69, 9.17) is 10.5 Å². The Balaban J connectivity index is 0.00000144. The second-order valence-electron chi connectivity index (χ2n) is 4.15. The number of nitrogens with two attached hydrogens (primary N) is 1. The van der Waals surface area contributed by atoms with E-state index in [9.17, 15) is 4.79 Å². The average molecular weight is 209 g/mol. The number of amides is 1. The van der Waals surface area contributed by atoms with E-state index in [2.05, 4.69) is 5.32 Å². The van der Waals surface area contributed by atoms with Crippen molar-refractivity contribution in [3.63, 3.8) is 0 Å². The van der Waals surface area contributed by atoms with Gasteiger partial charge in [-0.15, -0.1) is 12.4 Å². The zero-order valence-corrected chi connectivity index (χ0v) is 8.98. The predicted molar refractivity (Wildman–Crippen MR) is 53.0 cm³/mol. The molecule has 1 rings (SSSR count). The molecule has 0 aliphatic heterocycles. The Morgan fingerprint density at radius 1 is 1.54 bits per heavy atom. The lowest BCUT2D eigenvalue weighted by molar-refractivity contribution is 0.0523. The number of carbonyl (C=O) groups is 1. The van der Waals surface area contributed by atoms with Crippen LogP contribution in [0.1, 0.15) is 27.2 Å². The van der Waals surface area contributed by atoms with E-state index in [1.54, 1.807) is 0 Å². The predicted octanol–water partition coefficient (Wildman–Crippen LogP) is 1.03. The number of ether oxygens (including phenoxy) is 1. The maximum absolute atomic E-state index is 11.1. The maximum atomic E-state index is 11.1. The molecule has 1 fully saturated rings. The molecule has 1 saturated carbocycles. The van der Waals surface area contributed by atoms with Crippen molar-refractivity contribution in [3.8, 4) is 0 Å². The van der Waals surface area contributed by atoms with Gasteiger partial charge in [0.2, 0.25) is 0 Å². The summed E-state index contributed by atoms with van der Waals surface area (Å²) >= 11 is 0. The molecule has 0 aromatic heterocycles. The van der Waals surface area contributed by atoms with Crippen LogP contribution in [0.25, 0.3) is 0 Å². The third-order valence-corrected chi connectivity index (χ3v) is 1.54. The Morgan fingerprint density at radius 3 is 2.31 bits per heavy atom. The molecule has 78 valence electrons. The van der Waals surface area contributed by atoms with Gasteiger partial charge < -0.3 is 15.8 Å². The summed E-state index contributed by atoms with van der Waals surface area (Å²) in [7, 11) is 0. The zero-order chi connectivity index (χ0) is 9.35. The normalized spacial score (nSPS) is 25.8. The fourth-order valence-corrected chi connectivity index (χ4v) is 0.840. The molecule has 2 atom stereocenters. The van der Waals surface area contributed by atoms with Gasteiger partial charge in [0.1, 0.15) is 5.60 Å². The van der Waals surface area contributed by atoms with E-state index in [1.807, 2.05) is 20.8 Å². The molecule has 0 aromatic rings. The lowest BCUT2D eigenvalue weighted by Gasteiger charge is -2.19. The minimum atomic E-state index is -0.428. The van der Waals surface area contributed by atoms with Crippen LogP contribution in [0.2, 0.25) is 0 Å². The average Bonchev–Trinajstić information content (AvgIpc) is 2.40. The van der Waals surface area contributed by atoms with Gasteiger partial charge in [-0.2, -0.15) is 0 Å². The molecule has 0 radical (unpaired) electrons. The molecule has 0 saturated heterocycles. The Morgan fingerprint density at radius 2 is 2.00 bits per heavy atom. The van der Waals surface area contributed by atoms with Crippen molar-refractivity contribution >= 4 is 18.5 Å². The van der Waals surface area contributed by atoms with Crippen LogP contribution in [0.15, 0.2) is 0 Å². The Bertz CT molecular complexity index is 191. The molecular formula is C8H17ClN2O2. The van der Waals surface area contributed by atoms with Crippen LogP contribution >= 0.6 is 12.4 Å². The number of hydrogen-bond donors (Lipinski definition) is 2. The topological polar surface area (TPSA) is 64.3 Å². The van der Waals surface area contributed by atoms with Gasteiger partial charge in [0.25, 0.3) is 0 Å². The molecule has 0 bridgehead atoms. The van der Waals surface area contributed by atoms with E-state index in [-0.39, 0.29) is 30.6 Å². The van der Waals surface area contributed by atoms with Crippen molar-refractivity contribution in [3.05, 3.63) is 0 Å². The van der Waals surface area contributed by atoms with Crippen molar-refractivity contribution < 1.29 is 9.53 Å². The highest BCUT2D eigenvalue weighted by Crippen LogP contribution is 2.18. The smallest absolute Gasteiger partial charge is 0.407 e. The number of halogens is 1. The molecule has 0 spiro atoms. The molecular weight excluding hydrogens is 192 g/mol. The molecule has 4 nitrogen and oxygen atoms in total. The van der Waals surface area contributed by atoms with Crippen LogP contribution in [0, 0.1) is 0 Å². The second kappa shape index (κ2) is 4.15. The molecule has 1 aliphatic rings. The summed E-state index contributed by atoms with van der Waals surface area (Å²) in [4.78, 5) is 11.1. The van der Waals surface area contributed by atoms with Crippen LogP contribution in [-0.4, -0.2) is 23.8 Å². The zero-order valence-electron chi connectivity index (χ0n) is 8.16. The van der Waals surface area contributed by atoms with Crippen LogP contribution in [0.4, 0.5) is 4.79 Å². The van der Waals surface area contributed by atoms with Gasteiger partial charge in [0.05, 0.1) is 0 Å². The largest absolute Gasteiger partial charge is 0.444 e. The van der Waals surface area contributed by atoms with Gasteiger partial charge >= 0.3 is 6.09 Å². The first-order chi connectivity index (χ1) is 5.38. The van der Waals surface area contributed by atoms with Crippen LogP contribution in [-0.2, 0) is 4.74 Å². The Labute approximate surface area is 84.6 Å². The van der Waals surface area contributed by atoms with Gasteiger partial charge in [-0.05, 0) is 27.2 Å². The SMILES string of the molecule is CC(C)(C)OC(=O)N[C@@H]1C[C@H]1N.Cl. The van der Waals surface area contributed by atoms with Crippen molar-refractivity contribution in [2.24, 2.45) is 5.73 Å². The van der Waals surface area contributed by atoms with Gasteiger partial charge in [-0.25, -0.2) is 4.79 Å². The molecule has 0 aromatic carbocycles. The van der Waals surface area contributed by atoms with Crippen LogP contribution in [0.3, 0.4) is 0 Å². The summed E-state index contributed by atoms with van der Waals surface area (Å²) in [5, 5.41) is 2.67. The summed E-state index contributed by atoms with van der Waals surface area (Å²) < 4.78 is 5.03. The lowest BCUT2D eigenvalue weighted by atomic mass is 10.2. The lowest BCUT2D eigenvalue weighted by Crippen LogP contribution is -2.35. The summed E-state index contributed by atoms with van der Waals surface area (Å²) in [6, 6.07) is 0.248. The first-order valence-electron chi connectivity index (χ1n) is 4.13. The third kappa shape index (κ3) is 4.95. The molecule has 1 amide bonds. The van der Waals surface area contributed by atoms with Crippen molar-refractivity contribution in [1.29, 1.82) is 0 Å². The standard InChI is InChI=1S/C8H16N2O2.ClH/c1-8(2,3)12-7(11)10-6-4-5(6)9;/h5-6H,4,9H2,1-3H3,(H,10,11);1H/t5-,6-;/m1./s1.